The highest BCUT2D eigenvalue weighted by atomic mass is 32.2. The number of hydrogen-bond acceptors (Lipinski definition) is 8. The first kappa shape index (κ1) is 41.6. The lowest BCUT2D eigenvalue weighted by Crippen LogP contribution is -2.60. The van der Waals surface area contributed by atoms with Crippen LogP contribution in [0.15, 0.2) is 11.6 Å². The first-order chi connectivity index (χ1) is 22.5. The number of amides is 4. The van der Waals surface area contributed by atoms with E-state index in [1.165, 1.54) is 0 Å². The van der Waals surface area contributed by atoms with E-state index in [0.717, 1.165) is 25.8 Å². The Morgan fingerprint density at radius 1 is 0.958 bits per heavy atom. The van der Waals surface area contributed by atoms with Crippen LogP contribution in [0.1, 0.15) is 101 Å². The van der Waals surface area contributed by atoms with Crippen LogP contribution in [0.4, 0.5) is 0 Å². The minimum Gasteiger partial charge on any atom is -0.464 e. The van der Waals surface area contributed by atoms with Gasteiger partial charge in [-0.05, 0) is 89.7 Å². The molecule has 0 aromatic heterocycles. The number of likely N-dealkylation sites (N-methyl/N-ethyl adjacent to an activating group) is 1. The number of nitrogens with one attached hydrogen (secondary N) is 2. The highest BCUT2D eigenvalue weighted by Crippen LogP contribution is 2.27. The molecular formula is C36H63N5O6S. The first-order valence-corrected chi connectivity index (χ1v) is 19.1. The Labute approximate surface area is 293 Å². The lowest BCUT2D eigenvalue weighted by Gasteiger charge is -2.41. The number of thioether (sulfide) groups is 1. The third-order valence-electron chi connectivity index (χ3n) is 9.46. The van der Waals surface area contributed by atoms with Crippen LogP contribution >= 0.6 is 11.8 Å². The Hall–Kier alpha value is -2.60. The lowest BCUT2D eigenvalue weighted by molar-refractivity contribution is -0.148. The Kier molecular flexibility index (Phi) is 16.4. The van der Waals surface area contributed by atoms with Crippen LogP contribution in [-0.2, 0) is 28.7 Å². The van der Waals surface area contributed by atoms with Gasteiger partial charge in [-0.15, -0.1) is 0 Å². The van der Waals surface area contributed by atoms with E-state index in [-0.39, 0.29) is 48.2 Å². The second-order valence-electron chi connectivity index (χ2n) is 14.9. The molecule has 2 aliphatic heterocycles. The maximum Gasteiger partial charge on any atom is 0.328 e. The highest BCUT2D eigenvalue weighted by Gasteiger charge is 2.41. The summed E-state index contributed by atoms with van der Waals surface area (Å²) in [6, 6.07) is -2.71. The first-order valence-electron chi connectivity index (χ1n) is 17.7. The Morgan fingerprint density at radius 2 is 1.58 bits per heavy atom. The van der Waals surface area contributed by atoms with Gasteiger partial charge >= 0.3 is 5.97 Å². The summed E-state index contributed by atoms with van der Waals surface area (Å²) in [6.45, 7) is 19.0. The molecule has 4 amide bonds. The van der Waals surface area contributed by atoms with E-state index in [4.69, 9.17) is 4.74 Å². The molecule has 2 aliphatic rings. The molecule has 274 valence electrons. The van der Waals surface area contributed by atoms with E-state index in [9.17, 15) is 24.0 Å². The molecule has 0 radical (unpaired) electrons. The summed E-state index contributed by atoms with van der Waals surface area (Å²) < 4.78 is 5.18. The van der Waals surface area contributed by atoms with Gasteiger partial charge in [-0.1, -0.05) is 47.1 Å². The second kappa shape index (κ2) is 19.0. The largest absolute Gasteiger partial charge is 0.464 e. The number of carbonyl (C=O) groups is 5. The van der Waals surface area contributed by atoms with E-state index >= 15 is 0 Å². The van der Waals surface area contributed by atoms with Gasteiger partial charge in [0.25, 0.3) is 0 Å². The molecule has 2 saturated heterocycles. The molecule has 2 fully saturated rings. The monoisotopic (exact) mass is 693 g/mol. The van der Waals surface area contributed by atoms with Gasteiger partial charge in [0, 0.05) is 25.2 Å². The molecule has 0 spiro atoms. The van der Waals surface area contributed by atoms with Gasteiger partial charge in [0.1, 0.15) is 18.1 Å². The lowest BCUT2D eigenvalue weighted by atomic mass is 9.84. The van der Waals surface area contributed by atoms with Crippen molar-refractivity contribution < 1.29 is 28.7 Å². The summed E-state index contributed by atoms with van der Waals surface area (Å²) >= 11 is 1.58. The van der Waals surface area contributed by atoms with Gasteiger partial charge in [-0.2, -0.15) is 11.8 Å². The topological polar surface area (TPSA) is 128 Å². The number of hydrogen-bond donors (Lipinski definition) is 2. The zero-order valence-corrected chi connectivity index (χ0v) is 32.2. The molecular weight excluding hydrogens is 630 g/mol. The molecule has 2 N–H and O–H groups in total. The summed E-state index contributed by atoms with van der Waals surface area (Å²) in [5.41, 5.74) is -0.120. The van der Waals surface area contributed by atoms with Crippen molar-refractivity contribution in [1.82, 2.24) is 25.3 Å². The van der Waals surface area contributed by atoms with Crippen molar-refractivity contribution in [3.8, 4) is 0 Å². The molecule has 12 heteroatoms. The van der Waals surface area contributed by atoms with Gasteiger partial charge in [-0.25, -0.2) is 4.79 Å². The van der Waals surface area contributed by atoms with Crippen molar-refractivity contribution in [2.45, 2.75) is 137 Å². The maximum absolute atomic E-state index is 14.2. The minimum absolute atomic E-state index is 0.0350. The van der Waals surface area contributed by atoms with E-state index in [1.54, 1.807) is 48.5 Å². The van der Waals surface area contributed by atoms with E-state index in [2.05, 4.69) is 29.4 Å². The van der Waals surface area contributed by atoms with Crippen LogP contribution in [0.3, 0.4) is 0 Å². The second-order valence-corrected chi connectivity index (χ2v) is 15.9. The van der Waals surface area contributed by atoms with Gasteiger partial charge < -0.3 is 25.2 Å². The number of carbonyl (C=O) groups excluding carboxylic acids is 5. The predicted octanol–water partition coefficient (Wildman–Crippen LogP) is 4.00. The number of piperidine rings is 1. The number of likely N-dealkylation sites (tertiary alicyclic amines) is 2. The number of rotatable bonds is 15. The number of ether oxygens (including phenoxy) is 1. The van der Waals surface area contributed by atoms with Crippen molar-refractivity contribution in [1.29, 1.82) is 0 Å². The van der Waals surface area contributed by atoms with Crippen LogP contribution in [0.5, 0.6) is 0 Å². The molecule has 0 saturated carbocycles. The van der Waals surface area contributed by atoms with Crippen molar-refractivity contribution >= 4 is 41.4 Å². The van der Waals surface area contributed by atoms with Crippen LogP contribution in [0, 0.1) is 11.3 Å². The van der Waals surface area contributed by atoms with Crippen molar-refractivity contribution in [2.75, 3.05) is 38.8 Å². The van der Waals surface area contributed by atoms with Crippen molar-refractivity contribution in [3.05, 3.63) is 11.6 Å². The summed E-state index contributed by atoms with van der Waals surface area (Å²) in [7, 11) is 1.73. The van der Waals surface area contributed by atoms with Crippen molar-refractivity contribution in [3.63, 3.8) is 0 Å². The zero-order chi connectivity index (χ0) is 36.3. The van der Waals surface area contributed by atoms with E-state index in [0.29, 0.717) is 37.1 Å². The number of nitrogens with zero attached hydrogens (tertiary/aromatic N) is 3. The SMILES string of the molecule is CCOC(=O)[C@H](CCSC)NC(=O)[C@@H]1CCCN1C(=O)/C(C)=C/[C@H](C(C)C)N(C)C(=O)[C@@H](NC(=O)[C@H]1CCCCN1C(C)C)C(C)(C)C. The maximum atomic E-state index is 14.2. The smallest absolute Gasteiger partial charge is 0.328 e. The molecule has 0 unspecified atom stereocenters. The standard InChI is InChI=1S/C36H63N5O6S/c1-12-47-35(46)26(18-21-48-11)37-31(42)28-17-15-20-41(28)33(44)25(6)22-29(23(2)3)39(10)34(45)30(36(7,8)9)38-32(43)27-16-13-14-19-40(27)24(4)5/h22-24,26-30H,12-21H2,1-11H3,(H,37,42)(H,38,43)/b25-22+/t26-,27+,28-,29+,30+/m0/s1. The summed E-state index contributed by atoms with van der Waals surface area (Å²) in [5, 5.41) is 5.96. The third-order valence-corrected chi connectivity index (χ3v) is 10.1. The Morgan fingerprint density at radius 3 is 2.15 bits per heavy atom. The quantitative estimate of drug-likeness (QED) is 0.195. The van der Waals surface area contributed by atoms with E-state index in [1.807, 2.05) is 40.9 Å². The molecule has 2 heterocycles. The average molecular weight is 694 g/mol. The van der Waals surface area contributed by atoms with Crippen molar-refractivity contribution in [2.24, 2.45) is 11.3 Å². The van der Waals surface area contributed by atoms with E-state index < -0.39 is 35.6 Å². The molecule has 11 nitrogen and oxygen atoms in total. The fourth-order valence-electron chi connectivity index (χ4n) is 6.67. The molecule has 0 aliphatic carbocycles. The summed E-state index contributed by atoms with van der Waals surface area (Å²) in [6.07, 6.45) is 8.14. The van der Waals surface area contributed by atoms with Crippen LogP contribution in [0.25, 0.3) is 0 Å². The molecule has 5 atom stereocenters. The van der Waals surface area contributed by atoms with Gasteiger partial charge in [0.2, 0.25) is 23.6 Å². The predicted molar refractivity (Wildman–Crippen MR) is 192 cm³/mol. The summed E-state index contributed by atoms with van der Waals surface area (Å²) in [4.78, 5) is 73.0. The highest BCUT2D eigenvalue weighted by molar-refractivity contribution is 7.98. The molecule has 0 bridgehead atoms. The fourth-order valence-corrected chi connectivity index (χ4v) is 7.15. The van der Waals surface area contributed by atoms with Gasteiger partial charge in [-0.3, -0.25) is 24.1 Å². The molecule has 0 aromatic carbocycles. The Bertz CT molecular complexity index is 1150. The van der Waals surface area contributed by atoms with Crippen LogP contribution in [0.2, 0.25) is 0 Å². The minimum atomic E-state index is -0.771. The average Bonchev–Trinajstić information content (AvgIpc) is 3.52. The fraction of sp³-hybridized carbons (Fsp3) is 0.806. The zero-order valence-electron chi connectivity index (χ0n) is 31.4. The number of esters is 1. The molecule has 2 rings (SSSR count). The van der Waals surface area contributed by atoms with Crippen LogP contribution in [-0.4, -0.2) is 119 Å². The molecule has 48 heavy (non-hydrogen) atoms. The molecule has 0 aromatic rings. The van der Waals surface area contributed by atoms with Gasteiger partial charge in [0.15, 0.2) is 0 Å². The van der Waals surface area contributed by atoms with Gasteiger partial charge in [0.05, 0.1) is 18.7 Å². The van der Waals surface area contributed by atoms with Crippen LogP contribution < -0.4 is 10.6 Å². The summed E-state index contributed by atoms with van der Waals surface area (Å²) in [5.74, 6) is -0.802. The third kappa shape index (κ3) is 11.2. The Balaban J connectivity index is 2.26. The normalized spacial score (nSPS) is 21.1.